The minimum absolute atomic E-state index is 0.309. The highest BCUT2D eigenvalue weighted by atomic mass is 32.1. The number of aromatic nitrogens is 2. The van der Waals surface area contributed by atoms with Crippen LogP contribution in [0.1, 0.15) is 6.92 Å². The Balaban J connectivity index is 2.20. The van der Waals surface area contributed by atoms with Gasteiger partial charge in [-0.25, -0.2) is 8.58 Å². The standard InChI is InChI=1S/C13H11N3O2S/c1-2-18-13(17)15-12-14-11-8-7-9-5-3-4-6-10(9)16(11)19-12/h3-8H,2H2,1H3/b15-12-. The van der Waals surface area contributed by atoms with Gasteiger partial charge in [-0.05, 0) is 42.0 Å². The number of carbonyl (C=O) groups excluding carboxylic acids is 1. The van der Waals surface area contributed by atoms with Crippen LogP contribution < -0.4 is 4.80 Å². The Morgan fingerprint density at radius 1 is 1.37 bits per heavy atom. The topological polar surface area (TPSA) is 56.0 Å². The summed E-state index contributed by atoms with van der Waals surface area (Å²) in [5.74, 6) is 0. The number of hydrogen-bond acceptors (Lipinski definition) is 4. The molecule has 6 heteroatoms. The predicted octanol–water partition coefficient (Wildman–Crippen LogP) is 2.61. The SMILES string of the molecule is CCOC(=O)/N=c1/nc2ccc3ccccc3n2s1. The first-order chi connectivity index (χ1) is 9.28. The quantitative estimate of drug-likeness (QED) is 0.684. The zero-order valence-electron chi connectivity index (χ0n) is 10.2. The summed E-state index contributed by atoms with van der Waals surface area (Å²) in [6, 6.07) is 11.9. The monoisotopic (exact) mass is 273 g/mol. The van der Waals surface area contributed by atoms with Crippen LogP contribution in [-0.4, -0.2) is 21.5 Å². The Morgan fingerprint density at radius 3 is 3.05 bits per heavy atom. The number of para-hydroxylation sites is 1. The van der Waals surface area contributed by atoms with E-state index in [0.717, 1.165) is 16.6 Å². The summed E-state index contributed by atoms with van der Waals surface area (Å²) in [5.41, 5.74) is 1.81. The minimum Gasteiger partial charge on any atom is -0.448 e. The van der Waals surface area contributed by atoms with Crippen molar-refractivity contribution in [3.8, 4) is 0 Å². The lowest BCUT2D eigenvalue weighted by molar-refractivity contribution is 0.162. The van der Waals surface area contributed by atoms with Gasteiger partial charge in [0, 0.05) is 0 Å². The molecule has 0 saturated carbocycles. The van der Waals surface area contributed by atoms with Crippen molar-refractivity contribution >= 4 is 34.2 Å². The second-order valence-corrected chi connectivity index (χ2v) is 4.75. The molecule has 0 radical (unpaired) electrons. The number of hydrogen-bond donors (Lipinski definition) is 0. The third-order valence-electron chi connectivity index (χ3n) is 2.61. The first kappa shape index (κ1) is 11.9. The average Bonchev–Trinajstić information content (AvgIpc) is 2.81. The molecule has 0 aliphatic carbocycles. The van der Waals surface area contributed by atoms with E-state index in [4.69, 9.17) is 4.74 Å². The number of carbonyl (C=O) groups is 1. The Bertz CT molecular complexity index is 819. The molecule has 0 fully saturated rings. The maximum Gasteiger partial charge on any atom is 0.436 e. The molecule has 0 saturated heterocycles. The average molecular weight is 273 g/mol. The third-order valence-corrected chi connectivity index (χ3v) is 3.53. The van der Waals surface area contributed by atoms with Gasteiger partial charge in [0.05, 0.1) is 12.1 Å². The molecular formula is C13H11N3O2S. The number of ether oxygens (including phenoxy) is 1. The predicted molar refractivity (Wildman–Crippen MR) is 73.2 cm³/mol. The number of benzene rings is 1. The van der Waals surface area contributed by atoms with Gasteiger partial charge in [-0.15, -0.1) is 4.99 Å². The van der Waals surface area contributed by atoms with Gasteiger partial charge in [-0.3, -0.25) is 0 Å². The summed E-state index contributed by atoms with van der Waals surface area (Å²) < 4.78 is 6.73. The number of nitrogens with zero attached hydrogens (tertiary/aromatic N) is 3. The molecule has 0 aliphatic heterocycles. The number of pyridine rings is 1. The Morgan fingerprint density at radius 2 is 2.21 bits per heavy atom. The Labute approximate surface area is 113 Å². The molecular weight excluding hydrogens is 262 g/mol. The summed E-state index contributed by atoms with van der Waals surface area (Å²) >= 11 is 1.32. The van der Waals surface area contributed by atoms with E-state index < -0.39 is 6.09 Å². The van der Waals surface area contributed by atoms with E-state index in [2.05, 4.69) is 9.98 Å². The molecule has 3 rings (SSSR count). The third kappa shape index (κ3) is 2.22. The highest BCUT2D eigenvalue weighted by Gasteiger charge is 2.04. The van der Waals surface area contributed by atoms with Crippen molar-refractivity contribution in [2.45, 2.75) is 6.92 Å². The highest BCUT2D eigenvalue weighted by Crippen LogP contribution is 2.16. The van der Waals surface area contributed by atoms with Crippen LogP contribution in [0.25, 0.3) is 16.6 Å². The van der Waals surface area contributed by atoms with Crippen molar-refractivity contribution in [2.75, 3.05) is 6.61 Å². The lowest BCUT2D eigenvalue weighted by Crippen LogP contribution is -2.06. The molecule has 3 aromatic rings. The first-order valence-electron chi connectivity index (χ1n) is 5.87. The molecule has 19 heavy (non-hydrogen) atoms. The van der Waals surface area contributed by atoms with Gasteiger partial charge in [0.1, 0.15) is 5.65 Å². The lowest BCUT2D eigenvalue weighted by atomic mass is 10.2. The summed E-state index contributed by atoms with van der Waals surface area (Å²) in [4.78, 5) is 19.8. The molecule has 0 bridgehead atoms. The second kappa shape index (κ2) is 4.81. The fourth-order valence-electron chi connectivity index (χ4n) is 1.83. The smallest absolute Gasteiger partial charge is 0.436 e. The van der Waals surface area contributed by atoms with Gasteiger partial charge in [0.25, 0.3) is 0 Å². The maximum absolute atomic E-state index is 11.3. The zero-order valence-corrected chi connectivity index (χ0v) is 11.1. The van der Waals surface area contributed by atoms with Crippen LogP contribution in [0.4, 0.5) is 4.79 Å². The molecule has 1 aromatic carbocycles. The van der Waals surface area contributed by atoms with Crippen molar-refractivity contribution in [1.82, 2.24) is 8.77 Å². The fourth-order valence-corrected chi connectivity index (χ4v) is 2.70. The summed E-state index contributed by atoms with van der Waals surface area (Å²) in [7, 11) is 0. The van der Waals surface area contributed by atoms with Crippen LogP contribution in [0.2, 0.25) is 0 Å². The van der Waals surface area contributed by atoms with Gasteiger partial charge in [-0.1, -0.05) is 18.2 Å². The van der Waals surface area contributed by atoms with E-state index in [-0.39, 0.29) is 0 Å². The number of rotatable bonds is 1. The molecule has 0 atom stereocenters. The molecule has 0 aliphatic rings. The Hall–Kier alpha value is -2.21. The fraction of sp³-hybridized carbons (Fsp3) is 0.154. The van der Waals surface area contributed by atoms with Crippen LogP contribution in [0.3, 0.4) is 0 Å². The number of amides is 1. The van der Waals surface area contributed by atoms with E-state index in [1.54, 1.807) is 6.92 Å². The molecule has 0 unspecified atom stereocenters. The highest BCUT2D eigenvalue weighted by molar-refractivity contribution is 7.04. The molecule has 0 N–H and O–H groups in total. The van der Waals surface area contributed by atoms with Crippen molar-refractivity contribution in [2.24, 2.45) is 4.99 Å². The van der Waals surface area contributed by atoms with Gasteiger partial charge in [-0.2, -0.15) is 4.98 Å². The first-order valence-corrected chi connectivity index (χ1v) is 6.64. The summed E-state index contributed by atoms with van der Waals surface area (Å²) in [6.45, 7) is 2.05. The minimum atomic E-state index is -0.605. The molecule has 1 amide bonds. The van der Waals surface area contributed by atoms with Crippen LogP contribution in [0.15, 0.2) is 41.4 Å². The van der Waals surface area contributed by atoms with Gasteiger partial charge in [0.15, 0.2) is 0 Å². The van der Waals surface area contributed by atoms with E-state index >= 15 is 0 Å². The van der Waals surface area contributed by atoms with E-state index in [0.29, 0.717) is 11.4 Å². The van der Waals surface area contributed by atoms with Crippen molar-refractivity contribution in [3.63, 3.8) is 0 Å². The molecule has 2 heterocycles. The van der Waals surface area contributed by atoms with Gasteiger partial charge in [0.2, 0.25) is 4.80 Å². The van der Waals surface area contributed by atoms with Crippen LogP contribution in [-0.2, 0) is 4.74 Å². The van der Waals surface area contributed by atoms with Crippen molar-refractivity contribution in [3.05, 3.63) is 41.2 Å². The zero-order chi connectivity index (χ0) is 13.2. The molecule has 96 valence electrons. The lowest BCUT2D eigenvalue weighted by Gasteiger charge is -1.98. The molecule has 0 spiro atoms. The molecule has 5 nitrogen and oxygen atoms in total. The largest absolute Gasteiger partial charge is 0.448 e. The van der Waals surface area contributed by atoms with Gasteiger partial charge >= 0.3 is 6.09 Å². The van der Waals surface area contributed by atoms with Crippen molar-refractivity contribution < 1.29 is 9.53 Å². The normalized spacial score (nSPS) is 12.2. The maximum atomic E-state index is 11.3. The van der Waals surface area contributed by atoms with E-state index in [9.17, 15) is 4.79 Å². The second-order valence-electron chi connectivity index (χ2n) is 3.84. The van der Waals surface area contributed by atoms with E-state index in [1.165, 1.54) is 11.5 Å². The van der Waals surface area contributed by atoms with Crippen LogP contribution >= 0.6 is 11.5 Å². The van der Waals surface area contributed by atoms with Gasteiger partial charge < -0.3 is 4.74 Å². The number of fused-ring (bicyclic) bond motifs is 3. The van der Waals surface area contributed by atoms with E-state index in [1.807, 2.05) is 40.2 Å². The van der Waals surface area contributed by atoms with Crippen LogP contribution in [0, 0.1) is 0 Å². The Kier molecular flexibility index (Phi) is 3.00. The molecule has 2 aromatic heterocycles. The summed E-state index contributed by atoms with van der Waals surface area (Å²) in [5, 5.41) is 1.12. The van der Waals surface area contributed by atoms with Crippen molar-refractivity contribution in [1.29, 1.82) is 0 Å². The van der Waals surface area contributed by atoms with Crippen LogP contribution in [0.5, 0.6) is 0 Å². The summed E-state index contributed by atoms with van der Waals surface area (Å²) in [6.07, 6.45) is -0.605.